The van der Waals surface area contributed by atoms with Crippen LogP contribution in [0.1, 0.15) is 17.3 Å². The van der Waals surface area contributed by atoms with Crippen molar-refractivity contribution in [1.29, 1.82) is 0 Å². The first-order chi connectivity index (χ1) is 15.0. The van der Waals surface area contributed by atoms with Crippen molar-refractivity contribution < 1.29 is 33.0 Å². The van der Waals surface area contributed by atoms with Crippen molar-refractivity contribution in [3.05, 3.63) is 77.2 Å². The minimum Gasteiger partial charge on any atom is -0.482 e. The zero-order valence-electron chi connectivity index (χ0n) is 16.8. The Labute approximate surface area is 177 Å². The summed E-state index contributed by atoms with van der Waals surface area (Å²) in [7, 11) is 0. The molecule has 0 atom stereocenters. The molecular formula is C23H20O8. The fraction of sp³-hybridized carbons (Fsp3) is 0.174. The molecule has 3 rings (SSSR count). The van der Waals surface area contributed by atoms with Crippen molar-refractivity contribution in [3.63, 3.8) is 0 Å². The van der Waals surface area contributed by atoms with E-state index in [-0.39, 0.29) is 42.0 Å². The minimum absolute atomic E-state index is 0.0157. The summed E-state index contributed by atoms with van der Waals surface area (Å²) in [6.07, 6.45) is 2.64. The smallest absolute Gasteiger partial charge is 0.344 e. The molecule has 0 aliphatic heterocycles. The van der Waals surface area contributed by atoms with E-state index in [2.05, 4.69) is 6.58 Å². The van der Waals surface area contributed by atoms with Gasteiger partial charge in [0.2, 0.25) is 11.2 Å². The van der Waals surface area contributed by atoms with Crippen molar-refractivity contribution in [1.82, 2.24) is 0 Å². The van der Waals surface area contributed by atoms with E-state index >= 15 is 0 Å². The highest BCUT2D eigenvalue weighted by Crippen LogP contribution is 2.24. The lowest BCUT2D eigenvalue weighted by atomic mass is 10.2. The van der Waals surface area contributed by atoms with Gasteiger partial charge in [-0.2, -0.15) is 0 Å². The second-order valence-corrected chi connectivity index (χ2v) is 6.19. The SMILES string of the molecule is C=CCOC(=O)COc1ccc2c(=O)c(Oc3ccc(C(=O)OCC)cc3)coc2c1. The Morgan fingerprint density at radius 1 is 1.06 bits per heavy atom. The molecule has 0 fully saturated rings. The third-order valence-corrected chi connectivity index (χ3v) is 4.03. The van der Waals surface area contributed by atoms with E-state index in [4.69, 9.17) is 23.4 Å². The molecule has 0 unspecified atom stereocenters. The molecular weight excluding hydrogens is 404 g/mol. The van der Waals surface area contributed by atoms with Crippen LogP contribution >= 0.6 is 0 Å². The molecule has 1 aromatic heterocycles. The van der Waals surface area contributed by atoms with Gasteiger partial charge in [-0.05, 0) is 43.3 Å². The number of carbonyl (C=O) groups excluding carboxylic acids is 2. The van der Waals surface area contributed by atoms with Crippen LogP contribution in [-0.2, 0) is 14.3 Å². The van der Waals surface area contributed by atoms with Gasteiger partial charge in [0.25, 0.3) is 0 Å². The zero-order valence-corrected chi connectivity index (χ0v) is 16.8. The first-order valence-corrected chi connectivity index (χ1v) is 9.41. The molecule has 0 radical (unpaired) electrons. The van der Waals surface area contributed by atoms with E-state index in [0.717, 1.165) is 0 Å². The van der Waals surface area contributed by atoms with E-state index < -0.39 is 11.9 Å². The van der Waals surface area contributed by atoms with Gasteiger partial charge in [0.1, 0.15) is 30.0 Å². The van der Waals surface area contributed by atoms with E-state index in [1.54, 1.807) is 31.2 Å². The Morgan fingerprint density at radius 3 is 2.52 bits per heavy atom. The van der Waals surface area contributed by atoms with E-state index in [1.807, 2.05) is 0 Å². The average Bonchev–Trinajstić information content (AvgIpc) is 2.78. The standard InChI is InChI=1S/C23H20O8/c1-3-11-28-21(24)14-29-17-9-10-18-19(12-17)30-13-20(22(18)25)31-16-7-5-15(6-8-16)23(26)27-4-2/h3,5-10,12-13H,1,4,11,14H2,2H3. The maximum atomic E-state index is 12.7. The minimum atomic E-state index is -0.542. The molecule has 0 N–H and O–H groups in total. The lowest BCUT2D eigenvalue weighted by molar-refractivity contribution is -0.144. The largest absolute Gasteiger partial charge is 0.482 e. The van der Waals surface area contributed by atoms with Crippen LogP contribution in [0.4, 0.5) is 0 Å². The first kappa shape index (κ1) is 21.6. The second kappa shape index (κ2) is 10.1. The topological polar surface area (TPSA) is 101 Å². The summed E-state index contributed by atoms with van der Waals surface area (Å²) in [6, 6.07) is 10.7. The van der Waals surface area contributed by atoms with Gasteiger partial charge >= 0.3 is 11.9 Å². The highest BCUT2D eigenvalue weighted by atomic mass is 16.6. The van der Waals surface area contributed by atoms with Gasteiger partial charge in [-0.15, -0.1) is 0 Å². The van der Waals surface area contributed by atoms with Gasteiger partial charge in [0.05, 0.1) is 17.6 Å². The zero-order chi connectivity index (χ0) is 22.2. The lowest BCUT2D eigenvalue weighted by Gasteiger charge is -2.08. The molecule has 0 spiro atoms. The summed E-state index contributed by atoms with van der Waals surface area (Å²) in [5, 5.41) is 0.280. The van der Waals surface area contributed by atoms with Crippen LogP contribution in [0.15, 0.2) is 70.6 Å². The van der Waals surface area contributed by atoms with E-state index in [0.29, 0.717) is 17.1 Å². The Balaban J connectivity index is 1.72. The van der Waals surface area contributed by atoms with Crippen LogP contribution in [0.2, 0.25) is 0 Å². The maximum Gasteiger partial charge on any atom is 0.344 e. The molecule has 3 aromatic rings. The summed E-state index contributed by atoms with van der Waals surface area (Å²) in [4.78, 5) is 35.9. The molecule has 0 bridgehead atoms. The van der Waals surface area contributed by atoms with Gasteiger partial charge in [0.15, 0.2) is 6.61 Å². The molecule has 8 nitrogen and oxygen atoms in total. The molecule has 0 aliphatic rings. The van der Waals surface area contributed by atoms with Crippen molar-refractivity contribution in [2.45, 2.75) is 6.92 Å². The molecule has 8 heteroatoms. The summed E-state index contributed by atoms with van der Waals surface area (Å²) < 4.78 is 26.2. The van der Waals surface area contributed by atoms with Gasteiger partial charge in [0, 0.05) is 6.07 Å². The summed E-state index contributed by atoms with van der Waals surface area (Å²) in [6.45, 7) is 5.27. The van der Waals surface area contributed by atoms with Gasteiger partial charge in [-0.1, -0.05) is 12.7 Å². The first-order valence-electron chi connectivity index (χ1n) is 9.41. The lowest BCUT2D eigenvalue weighted by Crippen LogP contribution is -2.14. The predicted octanol–water partition coefficient (Wildman–Crippen LogP) is 3.87. The number of carbonyl (C=O) groups is 2. The number of ether oxygens (including phenoxy) is 4. The summed E-state index contributed by atoms with van der Waals surface area (Å²) in [5.41, 5.74) is 0.264. The Bertz CT molecular complexity index is 1140. The van der Waals surface area contributed by atoms with Crippen molar-refractivity contribution in [2.24, 2.45) is 0 Å². The number of esters is 2. The van der Waals surface area contributed by atoms with Gasteiger partial charge < -0.3 is 23.4 Å². The van der Waals surface area contributed by atoms with E-state index in [9.17, 15) is 14.4 Å². The van der Waals surface area contributed by atoms with Crippen LogP contribution in [0.25, 0.3) is 11.0 Å². The molecule has 0 aliphatic carbocycles. The van der Waals surface area contributed by atoms with Crippen LogP contribution in [0.5, 0.6) is 17.2 Å². The van der Waals surface area contributed by atoms with Gasteiger partial charge in [-0.3, -0.25) is 4.79 Å². The number of rotatable bonds is 9. The van der Waals surface area contributed by atoms with Crippen LogP contribution in [0.3, 0.4) is 0 Å². The van der Waals surface area contributed by atoms with Crippen molar-refractivity contribution >= 4 is 22.9 Å². The monoisotopic (exact) mass is 424 g/mol. The summed E-state index contributed by atoms with van der Waals surface area (Å²) in [5.74, 6) is -0.296. The normalized spacial score (nSPS) is 10.4. The average molecular weight is 424 g/mol. The highest BCUT2D eigenvalue weighted by molar-refractivity contribution is 5.89. The molecule has 160 valence electrons. The highest BCUT2D eigenvalue weighted by Gasteiger charge is 2.12. The van der Waals surface area contributed by atoms with Crippen molar-refractivity contribution in [2.75, 3.05) is 19.8 Å². The van der Waals surface area contributed by atoms with Crippen LogP contribution in [0, 0.1) is 0 Å². The molecule has 1 heterocycles. The Hall–Kier alpha value is -4.07. The number of benzene rings is 2. The van der Waals surface area contributed by atoms with Crippen molar-refractivity contribution in [3.8, 4) is 17.2 Å². The summed E-state index contributed by atoms with van der Waals surface area (Å²) >= 11 is 0. The number of hydrogen-bond donors (Lipinski definition) is 0. The molecule has 31 heavy (non-hydrogen) atoms. The molecule has 0 saturated heterocycles. The molecule has 0 saturated carbocycles. The number of fused-ring (bicyclic) bond motifs is 1. The third-order valence-electron chi connectivity index (χ3n) is 4.03. The fourth-order valence-corrected chi connectivity index (χ4v) is 2.59. The van der Waals surface area contributed by atoms with Gasteiger partial charge in [-0.25, -0.2) is 9.59 Å². The second-order valence-electron chi connectivity index (χ2n) is 6.19. The third kappa shape index (κ3) is 5.51. The maximum absolute atomic E-state index is 12.7. The van der Waals surface area contributed by atoms with Crippen LogP contribution in [-0.4, -0.2) is 31.8 Å². The quantitative estimate of drug-likeness (QED) is 0.377. The van der Waals surface area contributed by atoms with E-state index in [1.165, 1.54) is 30.5 Å². The number of hydrogen-bond acceptors (Lipinski definition) is 8. The fourth-order valence-electron chi connectivity index (χ4n) is 2.59. The van der Waals surface area contributed by atoms with Crippen LogP contribution < -0.4 is 14.9 Å². The molecule has 2 aromatic carbocycles. The molecule has 0 amide bonds. The Kier molecular flexibility index (Phi) is 7.05. The predicted molar refractivity (Wildman–Crippen MR) is 112 cm³/mol. The Morgan fingerprint density at radius 2 is 1.81 bits per heavy atom.